The Hall–Kier alpha value is -0.650. The van der Waals surface area contributed by atoms with Gasteiger partial charge in [-0.15, -0.1) is 23.7 Å². The Morgan fingerprint density at radius 3 is 2.74 bits per heavy atom. The van der Waals surface area contributed by atoms with Crippen LogP contribution in [-0.2, 0) is 4.79 Å². The van der Waals surface area contributed by atoms with Crippen LogP contribution in [0.15, 0.2) is 5.38 Å². The van der Waals surface area contributed by atoms with E-state index < -0.39 is 0 Å². The first-order valence-electron chi connectivity index (χ1n) is 6.70. The second-order valence-electron chi connectivity index (χ2n) is 5.50. The summed E-state index contributed by atoms with van der Waals surface area (Å²) in [5.41, 5.74) is 6.61. The predicted octanol–water partition coefficient (Wildman–Crippen LogP) is 2.90. The van der Waals surface area contributed by atoms with Crippen LogP contribution in [0.1, 0.15) is 50.1 Å². The molecule has 4 nitrogen and oxygen atoms in total. The summed E-state index contributed by atoms with van der Waals surface area (Å²) in [4.78, 5) is 16.8. The second kappa shape index (κ2) is 5.77. The lowest BCUT2D eigenvalue weighted by Gasteiger charge is -2.24. The molecule has 3 rings (SSSR count). The number of aromatic nitrogens is 1. The smallest absolute Gasteiger partial charge is 0.233 e. The number of halogens is 1. The van der Waals surface area contributed by atoms with Gasteiger partial charge in [0, 0.05) is 17.8 Å². The van der Waals surface area contributed by atoms with Crippen molar-refractivity contribution in [3.05, 3.63) is 11.1 Å². The first-order chi connectivity index (χ1) is 8.73. The summed E-state index contributed by atoms with van der Waals surface area (Å²) >= 11 is 1.53. The molecule has 2 fully saturated rings. The van der Waals surface area contributed by atoms with E-state index in [4.69, 9.17) is 5.73 Å². The van der Waals surface area contributed by atoms with Crippen molar-refractivity contribution in [3.8, 4) is 0 Å². The van der Waals surface area contributed by atoms with Gasteiger partial charge in [0.15, 0.2) is 5.13 Å². The molecule has 0 aromatic carbocycles. The van der Waals surface area contributed by atoms with Gasteiger partial charge in [-0.25, -0.2) is 4.98 Å². The molecule has 0 saturated heterocycles. The molecular formula is C13H20ClN3OS. The van der Waals surface area contributed by atoms with E-state index in [9.17, 15) is 4.79 Å². The highest BCUT2D eigenvalue weighted by Crippen LogP contribution is 2.42. The van der Waals surface area contributed by atoms with Crippen LogP contribution >= 0.6 is 23.7 Å². The van der Waals surface area contributed by atoms with E-state index in [0.717, 1.165) is 36.5 Å². The van der Waals surface area contributed by atoms with E-state index in [1.165, 1.54) is 24.2 Å². The van der Waals surface area contributed by atoms with Gasteiger partial charge in [0.05, 0.1) is 11.1 Å². The van der Waals surface area contributed by atoms with Crippen LogP contribution in [0.2, 0.25) is 0 Å². The quantitative estimate of drug-likeness (QED) is 0.898. The Bertz CT molecular complexity index is 452. The Balaban J connectivity index is 0.00000133. The van der Waals surface area contributed by atoms with Gasteiger partial charge in [0.25, 0.3) is 0 Å². The largest absolute Gasteiger partial charge is 0.329 e. The average Bonchev–Trinajstić information content (AvgIpc) is 2.93. The fraction of sp³-hybridized carbons (Fsp3) is 0.692. The zero-order valence-corrected chi connectivity index (χ0v) is 12.5. The third-order valence-electron chi connectivity index (χ3n) is 4.17. The number of thiazole rings is 1. The lowest BCUT2D eigenvalue weighted by atomic mass is 9.85. The van der Waals surface area contributed by atoms with Gasteiger partial charge < -0.3 is 11.1 Å². The molecule has 2 aliphatic rings. The van der Waals surface area contributed by atoms with Crippen molar-refractivity contribution >= 4 is 34.8 Å². The minimum absolute atomic E-state index is 0. The van der Waals surface area contributed by atoms with Gasteiger partial charge in [-0.2, -0.15) is 0 Å². The number of nitrogens with zero attached hydrogens (tertiary/aromatic N) is 1. The maximum atomic E-state index is 12.3. The molecule has 1 heterocycles. The molecule has 6 heteroatoms. The topological polar surface area (TPSA) is 68.0 Å². The minimum Gasteiger partial charge on any atom is -0.329 e. The molecule has 2 aliphatic carbocycles. The lowest BCUT2D eigenvalue weighted by molar-refractivity contribution is -0.124. The van der Waals surface area contributed by atoms with E-state index in [1.807, 2.05) is 0 Å². The molecule has 19 heavy (non-hydrogen) atoms. The summed E-state index contributed by atoms with van der Waals surface area (Å²) in [5.74, 6) is 0.709. The molecule has 0 aliphatic heterocycles. The highest BCUT2D eigenvalue weighted by atomic mass is 35.5. The lowest BCUT2D eigenvalue weighted by Crippen LogP contribution is -2.40. The molecule has 1 amide bonds. The van der Waals surface area contributed by atoms with Gasteiger partial charge in [-0.1, -0.05) is 12.8 Å². The van der Waals surface area contributed by atoms with E-state index in [0.29, 0.717) is 12.5 Å². The van der Waals surface area contributed by atoms with Gasteiger partial charge >= 0.3 is 0 Å². The first-order valence-corrected chi connectivity index (χ1v) is 7.58. The number of carbonyl (C=O) groups excluding carboxylic acids is 1. The van der Waals surface area contributed by atoms with Gasteiger partial charge in [0.1, 0.15) is 0 Å². The third-order valence-corrected chi connectivity index (χ3v) is 4.95. The zero-order valence-electron chi connectivity index (χ0n) is 10.9. The highest BCUT2D eigenvalue weighted by molar-refractivity contribution is 7.13. The Kier molecular flexibility index (Phi) is 4.48. The molecule has 0 spiro atoms. The number of rotatable bonds is 4. The van der Waals surface area contributed by atoms with Crippen LogP contribution in [0.4, 0.5) is 5.13 Å². The van der Waals surface area contributed by atoms with Crippen molar-refractivity contribution in [1.82, 2.24) is 4.98 Å². The Morgan fingerprint density at radius 1 is 1.47 bits per heavy atom. The number of anilines is 1. The zero-order chi connectivity index (χ0) is 12.6. The Morgan fingerprint density at radius 2 is 2.16 bits per heavy atom. The van der Waals surface area contributed by atoms with Gasteiger partial charge in [-0.05, 0) is 25.7 Å². The summed E-state index contributed by atoms with van der Waals surface area (Å²) in [6.45, 7) is 0.444. The van der Waals surface area contributed by atoms with Crippen molar-refractivity contribution in [2.45, 2.75) is 44.4 Å². The summed E-state index contributed by atoms with van der Waals surface area (Å²) in [7, 11) is 0. The Labute approximate surface area is 123 Å². The average molecular weight is 302 g/mol. The summed E-state index contributed by atoms with van der Waals surface area (Å²) in [6, 6.07) is 0. The van der Waals surface area contributed by atoms with E-state index in [2.05, 4.69) is 15.7 Å². The highest BCUT2D eigenvalue weighted by Gasteiger charge is 2.40. The molecule has 0 unspecified atom stereocenters. The van der Waals surface area contributed by atoms with Crippen LogP contribution in [0, 0.1) is 5.41 Å². The van der Waals surface area contributed by atoms with Crippen molar-refractivity contribution in [2.75, 3.05) is 11.9 Å². The number of hydrogen-bond acceptors (Lipinski definition) is 4. The number of hydrogen-bond donors (Lipinski definition) is 2. The molecule has 0 bridgehead atoms. The monoisotopic (exact) mass is 301 g/mol. The van der Waals surface area contributed by atoms with E-state index >= 15 is 0 Å². The maximum Gasteiger partial charge on any atom is 0.233 e. The van der Waals surface area contributed by atoms with Crippen molar-refractivity contribution in [3.63, 3.8) is 0 Å². The van der Waals surface area contributed by atoms with Crippen LogP contribution in [0.5, 0.6) is 0 Å². The fourth-order valence-electron chi connectivity index (χ4n) is 2.72. The molecule has 2 saturated carbocycles. The maximum absolute atomic E-state index is 12.3. The molecule has 3 N–H and O–H groups in total. The van der Waals surface area contributed by atoms with E-state index in [-0.39, 0.29) is 23.7 Å². The normalized spacial score (nSPS) is 20.9. The predicted molar refractivity (Wildman–Crippen MR) is 79.9 cm³/mol. The molecule has 106 valence electrons. The van der Waals surface area contributed by atoms with Crippen LogP contribution < -0.4 is 11.1 Å². The van der Waals surface area contributed by atoms with Crippen LogP contribution in [-0.4, -0.2) is 17.4 Å². The van der Waals surface area contributed by atoms with Crippen LogP contribution in [0.3, 0.4) is 0 Å². The standard InChI is InChI=1S/C13H19N3OS.ClH/c14-8-13(5-1-2-6-13)11(17)16-12-15-10(7-18-12)9-3-4-9;/h7,9H,1-6,8,14H2,(H,15,16,17);1H. The molecule has 0 radical (unpaired) electrons. The molecule has 1 aromatic heterocycles. The van der Waals surface area contributed by atoms with Gasteiger partial charge in [0.2, 0.25) is 5.91 Å². The number of nitrogens with one attached hydrogen (secondary N) is 1. The summed E-state index contributed by atoms with van der Waals surface area (Å²) < 4.78 is 0. The first kappa shape index (κ1) is 14.8. The summed E-state index contributed by atoms with van der Waals surface area (Å²) in [5, 5.41) is 5.77. The molecule has 0 atom stereocenters. The SMILES string of the molecule is Cl.NCC1(C(=O)Nc2nc(C3CC3)cs2)CCCC1. The van der Waals surface area contributed by atoms with Gasteiger partial charge in [-0.3, -0.25) is 4.79 Å². The summed E-state index contributed by atoms with van der Waals surface area (Å²) in [6.07, 6.45) is 6.52. The molecule has 1 aromatic rings. The van der Waals surface area contributed by atoms with Crippen LogP contribution in [0.25, 0.3) is 0 Å². The third kappa shape index (κ3) is 2.93. The minimum atomic E-state index is -0.342. The van der Waals surface area contributed by atoms with Crippen molar-refractivity contribution < 1.29 is 4.79 Å². The van der Waals surface area contributed by atoms with E-state index in [1.54, 1.807) is 0 Å². The van der Waals surface area contributed by atoms with Crippen molar-refractivity contribution in [1.29, 1.82) is 0 Å². The number of nitrogens with two attached hydrogens (primary N) is 1. The fourth-order valence-corrected chi connectivity index (χ4v) is 3.50. The number of amides is 1. The second-order valence-corrected chi connectivity index (χ2v) is 6.36. The van der Waals surface area contributed by atoms with Crippen molar-refractivity contribution in [2.24, 2.45) is 11.1 Å². The number of carbonyl (C=O) groups is 1. The molecular weight excluding hydrogens is 282 g/mol.